The number of nitrogens with zero attached hydrogens (tertiary/aromatic N) is 5. The maximum atomic E-state index is 13.6. The zero-order valence-corrected chi connectivity index (χ0v) is 23.6. The average molecular weight is 546 g/mol. The Morgan fingerprint density at radius 1 is 1.35 bits per heavy atom. The van der Waals surface area contributed by atoms with Gasteiger partial charge in [-0.15, -0.1) is 16.4 Å². The van der Waals surface area contributed by atoms with Crippen molar-refractivity contribution in [1.82, 2.24) is 24.3 Å². The Morgan fingerprint density at radius 3 is 2.78 bits per heavy atom. The van der Waals surface area contributed by atoms with Crippen LogP contribution in [0.2, 0.25) is 0 Å². The number of aromatic nitrogens is 4. The van der Waals surface area contributed by atoms with Crippen LogP contribution >= 0.6 is 11.3 Å². The number of aliphatic carboxylic acids is 1. The maximum Gasteiger partial charge on any atom is 0.309 e. The summed E-state index contributed by atoms with van der Waals surface area (Å²) in [5.74, 6) is -1.01. The predicted molar refractivity (Wildman–Crippen MR) is 142 cm³/mol. The molecule has 9 nitrogen and oxygen atoms in total. The van der Waals surface area contributed by atoms with Crippen LogP contribution in [0.5, 0.6) is 0 Å². The maximum absolute atomic E-state index is 13.6. The van der Waals surface area contributed by atoms with Crippen molar-refractivity contribution in [2.45, 2.75) is 77.8 Å². The highest BCUT2D eigenvalue weighted by Crippen LogP contribution is 2.43. The number of carboxylic acids is 1. The van der Waals surface area contributed by atoms with Gasteiger partial charge in [0.1, 0.15) is 4.90 Å². The molecule has 4 rings (SSSR count). The second-order valence-corrected chi connectivity index (χ2v) is 13.7. The third kappa shape index (κ3) is 5.63. The molecule has 0 fully saturated rings. The number of sulfonamides is 1. The first kappa shape index (κ1) is 27.4. The Bertz CT molecular complexity index is 1380. The van der Waals surface area contributed by atoms with Crippen molar-refractivity contribution in [2.24, 2.45) is 11.3 Å². The Kier molecular flexibility index (Phi) is 7.87. The fourth-order valence-corrected chi connectivity index (χ4v) is 8.00. The smallest absolute Gasteiger partial charge is 0.309 e. The molecular weight excluding hydrogens is 510 g/mol. The summed E-state index contributed by atoms with van der Waals surface area (Å²) in [4.78, 5) is 18.8. The van der Waals surface area contributed by atoms with Gasteiger partial charge in [0, 0.05) is 47.7 Å². The van der Waals surface area contributed by atoms with E-state index in [0.717, 1.165) is 27.6 Å². The lowest BCUT2D eigenvalue weighted by molar-refractivity contribution is -0.148. The minimum atomic E-state index is -3.70. The molecule has 1 N–H and O–H groups in total. The second-order valence-electron chi connectivity index (χ2n) is 10.5. The fourth-order valence-electron chi connectivity index (χ4n) is 4.91. The van der Waals surface area contributed by atoms with E-state index >= 15 is 0 Å². The summed E-state index contributed by atoms with van der Waals surface area (Å²) in [7, 11) is -3.70. The second kappa shape index (κ2) is 10.6. The van der Waals surface area contributed by atoms with Gasteiger partial charge in [0.2, 0.25) is 10.0 Å². The first-order valence-electron chi connectivity index (χ1n) is 12.6. The van der Waals surface area contributed by atoms with Gasteiger partial charge in [-0.2, -0.15) is 4.31 Å². The monoisotopic (exact) mass is 545 g/mol. The van der Waals surface area contributed by atoms with Crippen molar-refractivity contribution in [1.29, 1.82) is 0 Å². The Labute approximate surface area is 222 Å². The zero-order valence-electron chi connectivity index (χ0n) is 22.0. The van der Waals surface area contributed by atoms with Crippen LogP contribution in [0.15, 0.2) is 35.5 Å². The topological polar surface area (TPSA) is 118 Å². The molecule has 4 heterocycles. The summed E-state index contributed by atoms with van der Waals surface area (Å²) < 4.78 is 30.4. The normalized spacial score (nSPS) is 18.8. The van der Waals surface area contributed by atoms with Gasteiger partial charge >= 0.3 is 5.97 Å². The van der Waals surface area contributed by atoms with E-state index in [1.807, 2.05) is 33.0 Å². The summed E-state index contributed by atoms with van der Waals surface area (Å²) in [6.07, 6.45) is 5.35. The van der Waals surface area contributed by atoms with Crippen molar-refractivity contribution in [2.75, 3.05) is 6.54 Å². The van der Waals surface area contributed by atoms with Gasteiger partial charge in [-0.25, -0.2) is 8.42 Å². The number of aryl methyl sites for hydroxylation is 3. The number of fused-ring (bicyclic) bond motifs is 1. The lowest BCUT2D eigenvalue weighted by Gasteiger charge is -2.29. The van der Waals surface area contributed by atoms with Crippen LogP contribution in [0.3, 0.4) is 0 Å². The molecule has 0 bridgehead atoms. The van der Waals surface area contributed by atoms with Crippen LogP contribution in [-0.4, -0.2) is 50.3 Å². The summed E-state index contributed by atoms with van der Waals surface area (Å²) >= 11 is 1.55. The lowest BCUT2D eigenvalue weighted by atomic mass is 9.75. The molecule has 0 aliphatic carbocycles. The Balaban J connectivity index is 1.63. The van der Waals surface area contributed by atoms with E-state index in [0.29, 0.717) is 31.5 Å². The average Bonchev–Trinajstić information content (AvgIpc) is 3.42. The molecule has 0 spiro atoms. The minimum Gasteiger partial charge on any atom is -0.481 e. The number of hydrogen-bond acceptors (Lipinski definition) is 7. The van der Waals surface area contributed by atoms with Gasteiger partial charge in [0.05, 0.1) is 16.8 Å². The van der Waals surface area contributed by atoms with Crippen molar-refractivity contribution < 1.29 is 18.3 Å². The molecule has 11 heteroatoms. The van der Waals surface area contributed by atoms with E-state index in [9.17, 15) is 18.3 Å². The van der Waals surface area contributed by atoms with Crippen molar-refractivity contribution >= 4 is 27.3 Å². The number of pyridine rings is 1. The Hall–Kier alpha value is -2.63. The first-order chi connectivity index (χ1) is 17.4. The van der Waals surface area contributed by atoms with E-state index in [2.05, 4.69) is 15.3 Å². The molecule has 0 radical (unpaired) electrons. The molecule has 200 valence electrons. The van der Waals surface area contributed by atoms with Gasteiger partial charge in [-0.1, -0.05) is 12.1 Å². The van der Waals surface area contributed by atoms with Crippen LogP contribution < -0.4 is 0 Å². The largest absolute Gasteiger partial charge is 0.481 e. The predicted octanol–water partition coefficient (Wildman–Crippen LogP) is 4.27. The molecule has 3 aromatic rings. The molecule has 1 aliphatic heterocycles. The van der Waals surface area contributed by atoms with Crippen LogP contribution in [0, 0.1) is 18.3 Å². The standard InChI is InChI=1S/C26H35N5O4S2/c1-6-30-16-20(28-29-30)9-10-21(26(4,5)25(32)33)23-13-19(18(3)36-23)15-31-14-17(2)12-22-24(37(31,34)35)8-7-11-27-22/h7-8,11,13,16-17,21H,6,9-10,12,14-15H2,1-5H3,(H,32,33)/t17-,21+/m0/s1. The van der Waals surface area contributed by atoms with Crippen molar-refractivity contribution in [3.05, 3.63) is 57.3 Å². The molecule has 0 aromatic carbocycles. The molecule has 3 aromatic heterocycles. The molecular formula is C26H35N5O4S2. The molecule has 0 saturated carbocycles. The highest BCUT2D eigenvalue weighted by atomic mass is 32.2. The van der Waals surface area contributed by atoms with E-state index in [1.165, 1.54) is 0 Å². The van der Waals surface area contributed by atoms with Gasteiger partial charge in [0.15, 0.2) is 0 Å². The fraction of sp³-hybridized carbons (Fsp3) is 0.538. The highest BCUT2D eigenvalue weighted by molar-refractivity contribution is 7.89. The van der Waals surface area contributed by atoms with Crippen molar-refractivity contribution in [3.8, 4) is 0 Å². The third-order valence-corrected chi connectivity index (χ3v) is 10.4. The molecule has 37 heavy (non-hydrogen) atoms. The Morgan fingerprint density at radius 2 is 2.11 bits per heavy atom. The third-order valence-electron chi connectivity index (χ3n) is 7.27. The van der Waals surface area contributed by atoms with Gasteiger partial charge in [-0.05, 0) is 76.6 Å². The summed E-state index contributed by atoms with van der Waals surface area (Å²) in [6.45, 7) is 10.9. The van der Waals surface area contributed by atoms with E-state index in [-0.39, 0.29) is 23.3 Å². The molecule has 1 aliphatic rings. The van der Waals surface area contributed by atoms with E-state index in [1.54, 1.807) is 52.5 Å². The number of carbonyl (C=O) groups is 1. The number of thiophene rings is 1. The molecule has 0 amide bonds. The number of carboxylic acid groups (broad SMARTS) is 1. The van der Waals surface area contributed by atoms with Crippen LogP contribution in [0.25, 0.3) is 0 Å². The van der Waals surface area contributed by atoms with E-state index in [4.69, 9.17) is 0 Å². The number of rotatable bonds is 9. The lowest BCUT2D eigenvalue weighted by Crippen LogP contribution is -2.33. The first-order valence-corrected chi connectivity index (χ1v) is 14.8. The van der Waals surface area contributed by atoms with Gasteiger partial charge < -0.3 is 5.11 Å². The quantitative estimate of drug-likeness (QED) is 0.426. The van der Waals surface area contributed by atoms with Crippen molar-refractivity contribution in [3.63, 3.8) is 0 Å². The molecule has 2 atom stereocenters. The number of hydrogen-bond donors (Lipinski definition) is 1. The van der Waals surface area contributed by atoms with Crippen LogP contribution in [-0.2, 0) is 40.7 Å². The van der Waals surface area contributed by atoms with Gasteiger partial charge in [0.25, 0.3) is 0 Å². The summed E-state index contributed by atoms with van der Waals surface area (Å²) in [5.41, 5.74) is 1.34. The molecule has 0 saturated heterocycles. The highest BCUT2D eigenvalue weighted by Gasteiger charge is 2.39. The van der Waals surface area contributed by atoms with Crippen LogP contribution in [0.4, 0.5) is 0 Å². The SMILES string of the molecule is CCn1cc(CC[C@H](c2cc(CN3C[C@@H](C)Cc4ncccc4S3(=O)=O)c(C)s2)C(C)(C)C(=O)O)nn1. The van der Waals surface area contributed by atoms with E-state index < -0.39 is 21.4 Å². The van der Waals surface area contributed by atoms with Crippen LogP contribution in [0.1, 0.15) is 66.7 Å². The summed E-state index contributed by atoms with van der Waals surface area (Å²) in [6, 6.07) is 5.30. The molecule has 0 unspecified atom stereocenters. The minimum absolute atomic E-state index is 0.125. The zero-order chi connectivity index (χ0) is 27.0. The van der Waals surface area contributed by atoms with Gasteiger partial charge in [-0.3, -0.25) is 14.5 Å². The summed E-state index contributed by atoms with van der Waals surface area (Å²) in [5, 5.41) is 18.4.